The molecule has 1 N–H and O–H groups in total. The molecule has 0 aromatic heterocycles. The Morgan fingerprint density at radius 2 is 1.71 bits per heavy atom. The van der Waals surface area contributed by atoms with Crippen molar-refractivity contribution < 1.29 is 8.42 Å². The van der Waals surface area contributed by atoms with E-state index in [1.165, 1.54) is 0 Å². The first-order valence-corrected chi connectivity index (χ1v) is 8.46. The fraction of sp³-hybridized carbons (Fsp3) is 0.188. The molecule has 0 saturated carbocycles. The lowest BCUT2D eigenvalue weighted by Crippen LogP contribution is -2.21. The van der Waals surface area contributed by atoms with Crippen LogP contribution in [0.1, 0.15) is 11.1 Å². The third-order valence-electron chi connectivity index (χ3n) is 3.39. The molecule has 2 aromatic rings. The smallest absolute Gasteiger partial charge is 0.182 e. The summed E-state index contributed by atoms with van der Waals surface area (Å²) in [6.07, 6.45) is 0. The topological polar surface area (TPSA) is 58.5 Å². The number of nitrogens with zero attached hydrogens (tertiary/aromatic N) is 1. The summed E-state index contributed by atoms with van der Waals surface area (Å²) >= 11 is 0. The first kappa shape index (κ1) is 13.8. The minimum atomic E-state index is -3.35. The van der Waals surface area contributed by atoms with E-state index in [1.807, 2.05) is 30.3 Å². The first-order valence-electron chi connectivity index (χ1n) is 6.81. The molecule has 0 amide bonds. The predicted octanol–water partition coefficient (Wildman–Crippen LogP) is 2.01. The van der Waals surface area contributed by atoms with E-state index in [-0.39, 0.29) is 5.75 Å². The molecule has 108 valence electrons. The van der Waals surface area contributed by atoms with Crippen LogP contribution in [-0.2, 0) is 15.6 Å². The summed E-state index contributed by atoms with van der Waals surface area (Å²) in [5.74, 6) is 0.766. The van der Waals surface area contributed by atoms with Gasteiger partial charge >= 0.3 is 0 Å². The van der Waals surface area contributed by atoms with E-state index in [2.05, 4.69) is 10.3 Å². The fourth-order valence-electron chi connectivity index (χ4n) is 2.37. The highest BCUT2D eigenvalue weighted by Gasteiger charge is 2.19. The maximum absolute atomic E-state index is 12.5. The number of amidine groups is 1. The van der Waals surface area contributed by atoms with Crippen molar-refractivity contribution in [2.24, 2.45) is 4.99 Å². The van der Waals surface area contributed by atoms with Crippen molar-refractivity contribution in [3.8, 4) is 0 Å². The number of nitrogens with one attached hydrogen (secondary N) is 1. The fourth-order valence-corrected chi connectivity index (χ4v) is 3.77. The Morgan fingerprint density at radius 3 is 2.43 bits per heavy atom. The van der Waals surface area contributed by atoms with Crippen LogP contribution >= 0.6 is 0 Å². The third-order valence-corrected chi connectivity index (χ3v) is 5.08. The van der Waals surface area contributed by atoms with Crippen LogP contribution in [0.15, 0.2) is 64.5 Å². The zero-order chi connectivity index (χ0) is 14.7. The van der Waals surface area contributed by atoms with Gasteiger partial charge in [0, 0.05) is 12.1 Å². The zero-order valence-corrected chi connectivity index (χ0v) is 12.3. The van der Waals surface area contributed by atoms with E-state index >= 15 is 0 Å². The third kappa shape index (κ3) is 2.97. The minimum Gasteiger partial charge on any atom is -0.368 e. The Kier molecular flexibility index (Phi) is 3.75. The zero-order valence-electron chi connectivity index (χ0n) is 11.5. The normalized spacial score (nSPS) is 14.6. The molecule has 1 aliphatic rings. The Labute approximate surface area is 124 Å². The Bertz CT molecular complexity index is 768. The number of hydrogen-bond donors (Lipinski definition) is 1. The van der Waals surface area contributed by atoms with E-state index in [0.29, 0.717) is 4.90 Å². The summed E-state index contributed by atoms with van der Waals surface area (Å²) in [5, 5.41) is 3.19. The predicted molar refractivity (Wildman–Crippen MR) is 83.2 cm³/mol. The summed E-state index contributed by atoms with van der Waals surface area (Å²) in [4.78, 5) is 4.73. The Morgan fingerprint density at radius 1 is 1.00 bits per heavy atom. The van der Waals surface area contributed by atoms with E-state index in [4.69, 9.17) is 0 Å². The molecule has 0 unspecified atom stereocenters. The highest BCUT2D eigenvalue weighted by Crippen LogP contribution is 2.19. The molecule has 0 bridgehead atoms. The van der Waals surface area contributed by atoms with Crippen LogP contribution in [0.5, 0.6) is 0 Å². The quantitative estimate of drug-likeness (QED) is 0.939. The summed E-state index contributed by atoms with van der Waals surface area (Å²) in [7, 11) is -3.35. The van der Waals surface area contributed by atoms with Gasteiger partial charge < -0.3 is 5.32 Å². The Balaban J connectivity index is 1.96. The van der Waals surface area contributed by atoms with E-state index in [0.717, 1.165) is 30.1 Å². The molecule has 0 saturated heterocycles. The van der Waals surface area contributed by atoms with Crippen molar-refractivity contribution in [3.63, 3.8) is 0 Å². The van der Waals surface area contributed by atoms with Gasteiger partial charge in [-0.25, -0.2) is 8.42 Å². The summed E-state index contributed by atoms with van der Waals surface area (Å²) < 4.78 is 25.0. The number of aliphatic imine (C=N–C) groups is 1. The van der Waals surface area contributed by atoms with Crippen molar-refractivity contribution in [2.45, 2.75) is 10.6 Å². The summed E-state index contributed by atoms with van der Waals surface area (Å²) in [6.45, 7) is 1.53. The first-order chi connectivity index (χ1) is 10.2. The van der Waals surface area contributed by atoms with Crippen LogP contribution in [0, 0.1) is 0 Å². The van der Waals surface area contributed by atoms with Crippen LogP contribution in [0.4, 0.5) is 0 Å². The van der Waals surface area contributed by atoms with Gasteiger partial charge in [0.05, 0.1) is 17.2 Å². The number of rotatable bonds is 4. The lowest BCUT2D eigenvalue weighted by Gasteiger charge is -2.10. The van der Waals surface area contributed by atoms with Gasteiger partial charge in [-0.2, -0.15) is 0 Å². The van der Waals surface area contributed by atoms with Crippen molar-refractivity contribution in [1.29, 1.82) is 0 Å². The van der Waals surface area contributed by atoms with Gasteiger partial charge in [0.25, 0.3) is 0 Å². The molecule has 3 rings (SSSR count). The molecular weight excluding hydrogens is 284 g/mol. The average molecular weight is 300 g/mol. The van der Waals surface area contributed by atoms with Gasteiger partial charge in [0.2, 0.25) is 0 Å². The van der Waals surface area contributed by atoms with Crippen molar-refractivity contribution in [1.82, 2.24) is 5.32 Å². The molecule has 0 atom stereocenters. The van der Waals surface area contributed by atoms with Gasteiger partial charge in [-0.1, -0.05) is 42.5 Å². The number of sulfone groups is 1. The SMILES string of the molecule is O=S(=O)(Cc1ccccc1C1=NCCN1)c1ccccc1. The highest BCUT2D eigenvalue weighted by atomic mass is 32.2. The van der Waals surface area contributed by atoms with Crippen LogP contribution in [0.2, 0.25) is 0 Å². The number of benzene rings is 2. The molecule has 0 spiro atoms. The Hall–Kier alpha value is -2.14. The second kappa shape index (κ2) is 5.69. The van der Waals surface area contributed by atoms with Gasteiger partial charge in [-0.3, -0.25) is 4.99 Å². The molecule has 4 nitrogen and oxygen atoms in total. The van der Waals surface area contributed by atoms with E-state index in [9.17, 15) is 8.42 Å². The van der Waals surface area contributed by atoms with Crippen LogP contribution in [0.25, 0.3) is 0 Å². The molecule has 21 heavy (non-hydrogen) atoms. The second-order valence-electron chi connectivity index (χ2n) is 4.89. The van der Waals surface area contributed by atoms with Gasteiger partial charge in [-0.05, 0) is 17.7 Å². The maximum Gasteiger partial charge on any atom is 0.182 e. The molecule has 0 radical (unpaired) electrons. The standard InChI is InChI=1S/C16H16N2O2S/c19-21(20,14-7-2-1-3-8-14)12-13-6-4-5-9-15(13)16-17-10-11-18-16/h1-9H,10-12H2,(H,17,18). The van der Waals surface area contributed by atoms with Gasteiger partial charge in [0.15, 0.2) is 9.84 Å². The van der Waals surface area contributed by atoms with Crippen LogP contribution < -0.4 is 5.32 Å². The van der Waals surface area contributed by atoms with Gasteiger partial charge in [0.1, 0.15) is 5.84 Å². The maximum atomic E-state index is 12.5. The van der Waals surface area contributed by atoms with Crippen LogP contribution in [0.3, 0.4) is 0 Å². The lowest BCUT2D eigenvalue weighted by molar-refractivity contribution is 0.595. The van der Waals surface area contributed by atoms with Crippen LogP contribution in [-0.4, -0.2) is 27.3 Å². The minimum absolute atomic E-state index is 0.0200. The van der Waals surface area contributed by atoms with E-state index in [1.54, 1.807) is 24.3 Å². The van der Waals surface area contributed by atoms with Crippen molar-refractivity contribution >= 4 is 15.7 Å². The summed E-state index contributed by atoms with van der Waals surface area (Å²) in [6, 6.07) is 16.1. The average Bonchev–Trinajstić information content (AvgIpc) is 3.02. The monoisotopic (exact) mass is 300 g/mol. The van der Waals surface area contributed by atoms with Crippen molar-refractivity contribution in [2.75, 3.05) is 13.1 Å². The summed E-state index contributed by atoms with van der Waals surface area (Å²) in [5.41, 5.74) is 1.64. The second-order valence-corrected chi connectivity index (χ2v) is 6.88. The molecule has 1 aliphatic heterocycles. The largest absolute Gasteiger partial charge is 0.368 e. The molecule has 2 aromatic carbocycles. The van der Waals surface area contributed by atoms with Gasteiger partial charge in [-0.15, -0.1) is 0 Å². The number of hydrogen-bond acceptors (Lipinski definition) is 4. The lowest BCUT2D eigenvalue weighted by atomic mass is 10.1. The molecule has 1 heterocycles. The molecule has 5 heteroatoms. The van der Waals surface area contributed by atoms with Crippen molar-refractivity contribution in [3.05, 3.63) is 65.7 Å². The van der Waals surface area contributed by atoms with E-state index < -0.39 is 9.84 Å². The highest BCUT2D eigenvalue weighted by molar-refractivity contribution is 7.90. The molecular formula is C16H16N2O2S. The molecule has 0 aliphatic carbocycles. The molecule has 0 fully saturated rings.